The molecule has 1 saturated heterocycles. The molecule has 1 aliphatic heterocycles. The molecule has 1 aliphatic rings. The Kier molecular flexibility index (Phi) is 3.78. The number of morpholine rings is 1. The quantitative estimate of drug-likeness (QED) is 0.893. The molecule has 0 saturated carbocycles. The Bertz CT molecular complexity index is 395. The molecule has 1 N–H and O–H groups in total. The second-order valence-corrected chi connectivity index (χ2v) is 5.14. The van der Waals surface area contributed by atoms with Crippen LogP contribution in [0.2, 0.25) is 0 Å². The first-order chi connectivity index (χ1) is 8.54. The van der Waals surface area contributed by atoms with Gasteiger partial charge in [-0.25, -0.2) is 0 Å². The number of rotatable bonds is 3. The number of methoxy groups -OCH3 is 2. The molecule has 0 radical (unpaired) electrons. The monoisotopic (exact) mass is 251 g/mol. The fraction of sp³-hybridized carbons (Fsp3) is 0.571. The molecule has 4 nitrogen and oxygen atoms in total. The third-order valence-electron chi connectivity index (χ3n) is 3.09. The van der Waals surface area contributed by atoms with Crippen molar-refractivity contribution < 1.29 is 14.2 Å². The number of hydrogen-bond acceptors (Lipinski definition) is 4. The van der Waals surface area contributed by atoms with Crippen molar-refractivity contribution in [2.75, 3.05) is 27.3 Å². The van der Waals surface area contributed by atoms with Crippen LogP contribution in [0.1, 0.15) is 25.5 Å². The lowest BCUT2D eigenvalue weighted by atomic mass is 10.0. The van der Waals surface area contributed by atoms with E-state index >= 15 is 0 Å². The van der Waals surface area contributed by atoms with Gasteiger partial charge in [0.15, 0.2) is 0 Å². The summed E-state index contributed by atoms with van der Waals surface area (Å²) >= 11 is 0. The van der Waals surface area contributed by atoms with E-state index in [1.807, 2.05) is 18.2 Å². The van der Waals surface area contributed by atoms with E-state index in [-0.39, 0.29) is 11.7 Å². The van der Waals surface area contributed by atoms with Crippen LogP contribution in [0, 0.1) is 0 Å². The molecule has 2 rings (SSSR count). The lowest BCUT2D eigenvalue weighted by molar-refractivity contribution is -0.0959. The van der Waals surface area contributed by atoms with Crippen LogP contribution in [0.5, 0.6) is 11.5 Å². The minimum Gasteiger partial charge on any atom is -0.497 e. The molecule has 0 amide bonds. The molecule has 4 heteroatoms. The van der Waals surface area contributed by atoms with Crippen molar-refractivity contribution in [3.8, 4) is 11.5 Å². The summed E-state index contributed by atoms with van der Waals surface area (Å²) in [6.07, 6.45) is 0.0257. The Hall–Kier alpha value is -1.26. The molecule has 1 aromatic rings. The zero-order valence-electron chi connectivity index (χ0n) is 11.4. The standard InChI is InChI=1S/C14H21NO3/c1-14(2)9-15-8-13(18-14)10-5-11(16-3)7-12(6-10)17-4/h5-7,13,15H,8-9H2,1-4H3. The predicted octanol–water partition coefficient (Wildman–Crippen LogP) is 2.14. The molecule has 1 aromatic carbocycles. The normalized spacial score (nSPS) is 22.6. The highest BCUT2D eigenvalue weighted by Gasteiger charge is 2.29. The Morgan fingerprint density at radius 3 is 2.28 bits per heavy atom. The molecule has 1 unspecified atom stereocenters. The van der Waals surface area contributed by atoms with Crippen LogP contribution >= 0.6 is 0 Å². The number of ether oxygens (including phenoxy) is 3. The van der Waals surface area contributed by atoms with Crippen molar-refractivity contribution in [3.63, 3.8) is 0 Å². The van der Waals surface area contributed by atoms with E-state index in [9.17, 15) is 0 Å². The van der Waals surface area contributed by atoms with Crippen molar-refractivity contribution in [1.29, 1.82) is 0 Å². The van der Waals surface area contributed by atoms with Gasteiger partial charge in [-0.15, -0.1) is 0 Å². The maximum Gasteiger partial charge on any atom is 0.122 e. The third-order valence-corrected chi connectivity index (χ3v) is 3.09. The van der Waals surface area contributed by atoms with Crippen LogP contribution in [0.15, 0.2) is 18.2 Å². The molecule has 1 heterocycles. The van der Waals surface area contributed by atoms with Gasteiger partial charge >= 0.3 is 0 Å². The third kappa shape index (κ3) is 2.94. The van der Waals surface area contributed by atoms with Crippen LogP contribution in [0.25, 0.3) is 0 Å². The van der Waals surface area contributed by atoms with Crippen LogP contribution in [-0.4, -0.2) is 32.9 Å². The highest BCUT2D eigenvalue weighted by molar-refractivity contribution is 5.39. The van der Waals surface area contributed by atoms with Crippen molar-refractivity contribution in [1.82, 2.24) is 5.32 Å². The van der Waals surface area contributed by atoms with Crippen LogP contribution < -0.4 is 14.8 Å². The minimum atomic E-state index is -0.154. The van der Waals surface area contributed by atoms with Gasteiger partial charge in [0.05, 0.1) is 25.9 Å². The topological polar surface area (TPSA) is 39.7 Å². The van der Waals surface area contributed by atoms with Crippen LogP contribution in [0.3, 0.4) is 0 Å². The van der Waals surface area contributed by atoms with Crippen molar-refractivity contribution in [3.05, 3.63) is 23.8 Å². The minimum absolute atomic E-state index is 0.0257. The highest BCUT2D eigenvalue weighted by atomic mass is 16.5. The molecule has 0 spiro atoms. The SMILES string of the molecule is COc1cc(OC)cc(C2CNCC(C)(C)O2)c1. The number of nitrogens with one attached hydrogen (secondary N) is 1. The second-order valence-electron chi connectivity index (χ2n) is 5.14. The maximum absolute atomic E-state index is 6.09. The fourth-order valence-corrected chi connectivity index (χ4v) is 2.17. The van der Waals surface area contributed by atoms with Crippen molar-refractivity contribution >= 4 is 0 Å². The number of hydrogen-bond donors (Lipinski definition) is 1. The fourth-order valence-electron chi connectivity index (χ4n) is 2.17. The zero-order chi connectivity index (χ0) is 13.2. The summed E-state index contributed by atoms with van der Waals surface area (Å²) in [5.41, 5.74) is 0.922. The summed E-state index contributed by atoms with van der Waals surface area (Å²) in [5, 5.41) is 3.39. The highest BCUT2D eigenvalue weighted by Crippen LogP contribution is 2.32. The molecule has 0 bridgehead atoms. The van der Waals surface area contributed by atoms with Gasteiger partial charge in [-0.1, -0.05) is 0 Å². The van der Waals surface area contributed by atoms with Gasteiger partial charge in [0, 0.05) is 19.2 Å². The Balaban J connectivity index is 2.26. The van der Waals surface area contributed by atoms with Crippen LogP contribution in [0.4, 0.5) is 0 Å². The van der Waals surface area contributed by atoms with Crippen molar-refractivity contribution in [2.45, 2.75) is 25.6 Å². The maximum atomic E-state index is 6.09. The summed E-state index contributed by atoms with van der Waals surface area (Å²) in [7, 11) is 3.31. The lowest BCUT2D eigenvalue weighted by Gasteiger charge is -2.37. The zero-order valence-corrected chi connectivity index (χ0v) is 11.4. The first kappa shape index (κ1) is 13.2. The molecule has 0 aliphatic carbocycles. The number of benzene rings is 1. The van der Waals surface area contributed by atoms with Gasteiger partial charge in [0.2, 0.25) is 0 Å². The summed E-state index contributed by atoms with van der Waals surface area (Å²) < 4.78 is 16.7. The molecular weight excluding hydrogens is 230 g/mol. The lowest BCUT2D eigenvalue weighted by Crippen LogP contribution is -2.46. The smallest absolute Gasteiger partial charge is 0.122 e. The van der Waals surface area contributed by atoms with Gasteiger partial charge in [-0.05, 0) is 31.5 Å². The van der Waals surface area contributed by atoms with Gasteiger partial charge in [-0.3, -0.25) is 0 Å². The Labute approximate surface area is 108 Å². The van der Waals surface area contributed by atoms with Gasteiger partial charge in [-0.2, -0.15) is 0 Å². The van der Waals surface area contributed by atoms with E-state index in [1.165, 1.54) is 0 Å². The van der Waals surface area contributed by atoms with E-state index in [2.05, 4.69) is 19.2 Å². The first-order valence-electron chi connectivity index (χ1n) is 6.15. The van der Waals surface area contributed by atoms with Gasteiger partial charge in [0.1, 0.15) is 11.5 Å². The summed E-state index contributed by atoms with van der Waals surface area (Å²) in [5.74, 6) is 1.58. The average molecular weight is 251 g/mol. The van der Waals surface area contributed by atoms with Gasteiger partial charge < -0.3 is 19.5 Å². The van der Waals surface area contributed by atoms with E-state index < -0.39 is 0 Å². The van der Waals surface area contributed by atoms with E-state index in [4.69, 9.17) is 14.2 Å². The van der Waals surface area contributed by atoms with Crippen LogP contribution in [-0.2, 0) is 4.74 Å². The second kappa shape index (κ2) is 5.16. The van der Waals surface area contributed by atoms with E-state index in [0.29, 0.717) is 0 Å². The molecule has 1 fully saturated rings. The molecule has 1 atom stereocenters. The molecule has 0 aromatic heterocycles. The average Bonchev–Trinajstić information content (AvgIpc) is 2.37. The van der Waals surface area contributed by atoms with E-state index in [1.54, 1.807) is 14.2 Å². The summed E-state index contributed by atoms with van der Waals surface area (Å²) in [6, 6.07) is 5.86. The largest absolute Gasteiger partial charge is 0.497 e. The summed E-state index contributed by atoms with van der Waals surface area (Å²) in [6.45, 7) is 5.84. The first-order valence-corrected chi connectivity index (χ1v) is 6.15. The molecular formula is C14H21NO3. The van der Waals surface area contributed by atoms with E-state index in [0.717, 1.165) is 30.2 Å². The molecule has 100 valence electrons. The summed E-state index contributed by atoms with van der Waals surface area (Å²) in [4.78, 5) is 0. The Morgan fingerprint density at radius 2 is 1.78 bits per heavy atom. The molecule has 18 heavy (non-hydrogen) atoms. The van der Waals surface area contributed by atoms with Gasteiger partial charge in [0.25, 0.3) is 0 Å². The Morgan fingerprint density at radius 1 is 1.17 bits per heavy atom. The predicted molar refractivity (Wildman–Crippen MR) is 70.3 cm³/mol. The van der Waals surface area contributed by atoms with Crippen molar-refractivity contribution in [2.24, 2.45) is 0 Å².